The Morgan fingerprint density at radius 2 is 1.55 bits per heavy atom. The SMILES string of the molecule is OC(Cc1ccc2ccccc2c1)c1ccccc1Br. The molecule has 0 aliphatic heterocycles. The average molecular weight is 327 g/mol. The molecule has 0 saturated carbocycles. The molecule has 100 valence electrons. The Kier molecular flexibility index (Phi) is 3.86. The highest BCUT2D eigenvalue weighted by Crippen LogP contribution is 2.26. The van der Waals surface area contributed by atoms with E-state index in [4.69, 9.17) is 0 Å². The first-order valence-corrected chi connectivity index (χ1v) is 7.43. The fraction of sp³-hybridized carbons (Fsp3) is 0.111. The third-order valence-corrected chi connectivity index (χ3v) is 4.23. The first kappa shape index (κ1) is 13.3. The van der Waals surface area contributed by atoms with Crippen LogP contribution in [-0.2, 0) is 6.42 Å². The molecule has 1 nitrogen and oxygen atoms in total. The monoisotopic (exact) mass is 326 g/mol. The maximum Gasteiger partial charge on any atom is 0.0841 e. The molecule has 20 heavy (non-hydrogen) atoms. The molecule has 1 atom stereocenters. The Bertz CT molecular complexity index is 736. The smallest absolute Gasteiger partial charge is 0.0841 e. The van der Waals surface area contributed by atoms with Gasteiger partial charge < -0.3 is 5.11 Å². The van der Waals surface area contributed by atoms with E-state index in [0.717, 1.165) is 15.6 Å². The molecule has 1 unspecified atom stereocenters. The molecule has 2 heteroatoms. The summed E-state index contributed by atoms with van der Waals surface area (Å²) in [6, 6.07) is 22.4. The Morgan fingerprint density at radius 1 is 0.850 bits per heavy atom. The van der Waals surface area contributed by atoms with Gasteiger partial charge in [0.2, 0.25) is 0 Å². The largest absolute Gasteiger partial charge is 0.388 e. The van der Waals surface area contributed by atoms with E-state index in [1.165, 1.54) is 10.8 Å². The molecular weight excluding hydrogens is 312 g/mol. The van der Waals surface area contributed by atoms with Crippen molar-refractivity contribution >= 4 is 26.7 Å². The summed E-state index contributed by atoms with van der Waals surface area (Å²) in [5, 5.41) is 12.8. The topological polar surface area (TPSA) is 20.2 Å². The van der Waals surface area contributed by atoms with Gasteiger partial charge in [-0.1, -0.05) is 76.6 Å². The fourth-order valence-electron chi connectivity index (χ4n) is 2.44. The van der Waals surface area contributed by atoms with Crippen molar-refractivity contribution in [1.29, 1.82) is 0 Å². The molecule has 0 aromatic heterocycles. The highest BCUT2D eigenvalue weighted by Gasteiger charge is 2.11. The normalized spacial score (nSPS) is 12.5. The van der Waals surface area contributed by atoms with Gasteiger partial charge in [-0.15, -0.1) is 0 Å². The summed E-state index contributed by atoms with van der Waals surface area (Å²) in [7, 11) is 0. The van der Waals surface area contributed by atoms with E-state index < -0.39 is 6.10 Å². The first-order chi connectivity index (χ1) is 9.74. The second-order valence-electron chi connectivity index (χ2n) is 4.92. The summed E-state index contributed by atoms with van der Waals surface area (Å²) in [4.78, 5) is 0. The van der Waals surface area contributed by atoms with Crippen LogP contribution >= 0.6 is 15.9 Å². The minimum Gasteiger partial charge on any atom is -0.388 e. The van der Waals surface area contributed by atoms with E-state index >= 15 is 0 Å². The molecule has 0 radical (unpaired) electrons. The van der Waals surface area contributed by atoms with Gasteiger partial charge in [0.15, 0.2) is 0 Å². The van der Waals surface area contributed by atoms with E-state index in [1.807, 2.05) is 36.4 Å². The number of benzene rings is 3. The predicted molar refractivity (Wildman–Crippen MR) is 86.8 cm³/mol. The molecule has 3 rings (SSSR count). The van der Waals surface area contributed by atoms with Crippen molar-refractivity contribution < 1.29 is 5.11 Å². The first-order valence-electron chi connectivity index (χ1n) is 6.64. The zero-order chi connectivity index (χ0) is 13.9. The van der Waals surface area contributed by atoms with Crippen LogP contribution in [-0.4, -0.2) is 5.11 Å². The van der Waals surface area contributed by atoms with Gasteiger partial charge in [0, 0.05) is 10.9 Å². The van der Waals surface area contributed by atoms with Crippen LogP contribution in [0.3, 0.4) is 0 Å². The van der Waals surface area contributed by atoms with E-state index in [0.29, 0.717) is 6.42 Å². The maximum atomic E-state index is 10.4. The van der Waals surface area contributed by atoms with Crippen molar-refractivity contribution in [1.82, 2.24) is 0 Å². The van der Waals surface area contributed by atoms with Crippen molar-refractivity contribution in [3.63, 3.8) is 0 Å². The summed E-state index contributed by atoms with van der Waals surface area (Å²) in [6.07, 6.45) is 0.125. The average Bonchev–Trinajstić information content (AvgIpc) is 2.47. The minimum absolute atomic E-state index is 0.494. The van der Waals surface area contributed by atoms with E-state index in [-0.39, 0.29) is 0 Å². The third-order valence-electron chi connectivity index (χ3n) is 3.51. The lowest BCUT2D eigenvalue weighted by atomic mass is 9.99. The van der Waals surface area contributed by atoms with Crippen LogP contribution in [0.1, 0.15) is 17.2 Å². The van der Waals surface area contributed by atoms with Gasteiger partial charge in [-0.05, 0) is 28.0 Å². The molecule has 3 aromatic rings. The van der Waals surface area contributed by atoms with Gasteiger partial charge in [-0.3, -0.25) is 0 Å². The Hall–Kier alpha value is -1.64. The number of rotatable bonds is 3. The summed E-state index contributed by atoms with van der Waals surface area (Å²) in [6.45, 7) is 0. The molecule has 0 aliphatic carbocycles. The molecule has 0 saturated heterocycles. The van der Waals surface area contributed by atoms with Crippen molar-refractivity contribution in [3.05, 3.63) is 82.3 Å². The summed E-state index contributed by atoms with van der Waals surface area (Å²) in [5.41, 5.74) is 2.08. The summed E-state index contributed by atoms with van der Waals surface area (Å²) in [5.74, 6) is 0. The number of aliphatic hydroxyl groups excluding tert-OH is 1. The van der Waals surface area contributed by atoms with E-state index in [1.54, 1.807) is 0 Å². The molecule has 1 N–H and O–H groups in total. The van der Waals surface area contributed by atoms with Gasteiger partial charge in [0.1, 0.15) is 0 Å². The Labute approximate surface area is 127 Å². The van der Waals surface area contributed by atoms with Crippen molar-refractivity contribution in [2.24, 2.45) is 0 Å². The fourth-order valence-corrected chi connectivity index (χ4v) is 2.99. The van der Waals surface area contributed by atoms with Gasteiger partial charge in [0.25, 0.3) is 0 Å². The van der Waals surface area contributed by atoms with Crippen LogP contribution in [0.15, 0.2) is 71.2 Å². The number of aliphatic hydroxyl groups is 1. The number of halogens is 1. The lowest BCUT2D eigenvalue weighted by molar-refractivity contribution is 0.177. The van der Waals surface area contributed by atoms with Crippen molar-refractivity contribution in [3.8, 4) is 0 Å². The van der Waals surface area contributed by atoms with Crippen LogP contribution in [0, 0.1) is 0 Å². The summed E-state index contributed by atoms with van der Waals surface area (Å²) < 4.78 is 0.952. The standard InChI is InChI=1S/C18H15BrO/c19-17-8-4-3-7-16(17)18(20)12-13-9-10-14-5-1-2-6-15(14)11-13/h1-11,18,20H,12H2. The van der Waals surface area contributed by atoms with Crippen LogP contribution < -0.4 is 0 Å². The number of fused-ring (bicyclic) bond motifs is 1. The molecule has 3 aromatic carbocycles. The van der Waals surface area contributed by atoms with Crippen molar-refractivity contribution in [2.75, 3.05) is 0 Å². The lowest BCUT2D eigenvalue weighted by Crippen LogP contribution is -2.02. The molecule has 0 fully saturated rings. The molecule has 0 spiro atoms. The minimum atomic E-state index is -0.494. The highest BCUT2D eigenvalue weighted by atomic mass is 79.9. The quantitative estimate of drug-likeness (QED) is 0.727. The Balaban J connectivity index is 1.87. The zero-order valence-corrected chi connectivity index (χ0v) is 12.5. The second kappa shape index (κ2) is 5.78. The zero-order valence-electron chi connectivity index (χ0n) is 11.0. The van der Waals surface area contributed by atoms with Gasteiger partial charge >= 0.3 is 0 Å². The van der Waals surface area contributed by atoms with Gasteiger partial charge in [0.05, 0.1) is 6.10 Å². The van der Waals surface area contributed by atoms with Crippen LogP contribution in [0.25, 0.3) is 10.8 Å². The van der Waals surface area contributed by atoms with E-state index in [9.17, 15) is 5.11 Å². The molecule has 0 bridgehead atoms. The third kappa shape index (κ3) is 2.77. The number of hydrogen-bond donors (Lipinski definition) is 1. The highest BCUT2D eigenvalue weighted by molar-refractivity contribution is 9.10. The van der Waals surface area contributed by atoms with Crippen LogP contribution in [0.2, 0.25) is 0 Å². The van der Waals surface area contributed by atoms with Crippen molar-refractivity contribution in [2.45, 2.75) is 12.5 Å². The second-order valence-corrected chi connectivity index (χ2v) is 5.78. The molecular formula is C18H15BrO. The van der Waals surface area contributed by atoms with E-state index in [2.05, 4.69) is 46.3 Å². The molecule has 0 aliphatic rings. The lowest BCUT2D eigenvalue weighted by Gasteiger charge is -2.13. The van der Waals surface area contributed by atoms with Crippen LogP contribution in [0.4, 0.5) is 0 Å². The van der Waals surface area contributed by atoms with Crippen LogP contribution in [0.5, 0.6) is 0 Å². The molecule has 0 heterocycles. The molecule has 0 amide bonds. The maximum absolute atomic E-state index is 10.4. The Morgan fingerprint density at radius 3 is 2.35 bits per heavy atom. The number of hydrogen-bond acceptors (Lipinski definition) is 1. The predicted octanol–water partition coefficient (Wildman–Crippen LogP) is 4.88. The van der Waals surface area contributed by atoms with Gasteiger partial charge in [-0.2, -0.15) is 0 Å². The summed E-state index contributed by atoms with van der Waals surface area (Å²) >= 11 is 3.49. The van der Waals surface area contributed by atoms with Gasteiger partial charge in [-0.25, -0.2) is 0 Å².